The van der Waals surface area contributed by atoms with E-state index in [4.69, 9.17) is 10.5 Å². The fourth-order valence-corrected chi connectivity index (χ4v) is 4.27. The standard InChI is InChI=1S/C30H36N4O6/c1-5-34(28(38)24(16-17-25(31)36)33-29(39)40-30(2,3)4)26(20-11-14-23(35)15-12-20)27(37)32-22-13-10-19-8-6-7-9-21(19)18-22/h6-15,18,24,26,35H,5,16-17H2,1-4H3,(H2,31,36)(H,32,37)(H,33,39). The number of hydrogen-bond donors (Lipinski definition) is 4. The van der Waals surface area contributed by atoms with Crippen LogP contribution in [0.2, 0.25) is 0 Å². The van der Waals surface area contributed by atoms with Gasteiger partial charge in [0.2, 0.25) is 11.8 Å². The van der Waals surface area contributed by atoms with E-state index in [0.29, 0.717) is 11.3 Å². The maximum absolute atomic E-state index is 13.9. The monoisotopic (exact) mass is 548 g/mol. The zero-order chi connectivity index (χ0) is 29.4. The third-order valence-electron chi connectivity index (χ3n) is 6.08. The summed E-state index contributed by atoms with van der Waals surface area (Å²) >= 11 is 0. The highest BCUT2D eigenvalue weighted by molar-refractivity contribution is 6.00. The quantitative estimate of drug-likeness (QED) is 0.298. The van der Waals surface area contributed by atoms with Gasteiger partial charge in [-0.1, -0.05) is 42.5 Å². The summed E-state index contributed by atoms with van der Waals surface area (Å²) in [6, 6.07) is 16.8. The van der Waals surface area contributed by atoms with Crippen LogP contribution in [0, 0.1) is 0 Å². The Morgan fingerprint density at radius 3 is 2.23 bits per heavy atom. The van der Waals surface area contributed by atoms with Gasteiger partial charge in [0.25, 0.3) is 5.91 Å². The van der Waals surface area contributed by atoms with Crippen LogP contribution in [0.3, 0.4) is 0 Å². The molecule has 212 valence electrons. The first-order valence-electron chi connectivity index (χ1n) is 13.0. The number of carbonyl (C=O) groups is 4. The van der Waals surface area contributed by atoms with Gasteiger partial charge in [0.15, 0.2) is 0 Å². The topological polar surface area (TPSA) is 151 Å². The van der Waals surface area contributed by atoms with E-state index in [0.717, 1.165) is 10.8 Å². The first kappa shape index (κ1) is 29.9. The van der Waals surface area contributed by atoms with Crippen molar-refractivity contribution < 1.29 is 29.0 Å². The smallest absolute Gasteiger partial charge is 0.408 e. The molecule has 3 aromatic carbocycles. The second-order valence-corrected chi connectivity index (χ2v) is 10.4. The molecule has 10 heteroatoms. The molecule has 2 atom stereocenters. The average molecular weight is 549 g/mol. The number of nitrogens with one attached hydrogen (secondary N) is 2. The van der Waals surface area contributed by atoms with E-state index in [-0.39, 0.29) is 25.1 Å². The minimum absolute atomic E-state index is 0.00209. The van der Waals surface area contributed by atoms with E-state index in [9.17, 15) is 24.3 Å². The van der Waals surface area contributed by atoms with E-state index in [1.54, 1.807) is 45.9 Å². The fourth-order valence-electron chi connectivity index (χ4n) is 4.27. The molecule has 10 nitrogen and oxygen atoms in total. The predicted octanol–water partition coefficient (Wildman–Crippen LogP) is 4.23. The highest BCUT2D eigenvalue weighted by Crippen LogP contribution is 2.27. The Morgan fingerprint density at radius 1 is 0.975 bits per heavy atom. The minimum Gasteiger partial charge on any atom is -0.508 e. The van der Waals surface area contributed by atoms with Gasteiger partial charge < -0.3 is 31.1 Å². The third kappa shape index (κ3) is 8.20. The summed E-state index contributed by atoms with van der Waals surface area (Å²) in [7, 11) is 0. The van der Waals surface area contributed by atoms with E-state index < -0.39 is 41.5 Å². The molecule has 0 saturated carbocycles. The molecule has 3 rings (SSSR count). The maximum Gasteiger partial charge on any atom is 0.408 e. The molecule has 0 aliphatic heterocycles. The molecule has 2 unspecified atom stereocenters. The van der Waals surface area contributed by atoms with Crippen molar-refractivity contribution in [2.45, 2.75) is 58.2 Å². The number of phenols is 1. The molecular weight excluding hydrogens is 512 g/mol. The number of ether oxygens (including phenoxy) is 1. The Bertz CT molecular complexity index is 1370. The summed E-state index contributed by atoms with van der Waals surface area (Å²) in [4.78, 5) is 53.1. The molecule has 3 aromatic rings. The normalized spacial score (nSPS) is 12.7. The van der Waals surface area contributed by atoms with Crippen LogP contribution in [-0.4, -0.2) is 52.0 Å². The Labute approximate surface area is 233 Å². The lowest BCUT2D eigenvalue weighted by molar-refractivity contribution is -0.140. The van der Waals surface area contributed by atoms with Crippen molar-refractivity contribution in [1.29, 1.82) is 0 Å². The number of primary amides is 1. The van der Waals surface area contributed by atoms with E-state index in [2.05, 4.69) is 10.6 Å². The number of likely N-dealkylation sites (N-methyl/N-ethyl adjacent to an activating group) is 1. The lowest BCUT2D eigenvalue weighted by Crippen LogP contribution is -2.52. The number of amides is 4. The van der Waals surface area contributed by atoms with E-state index >= 15 is 0 Å². The fraction of sp³-hybridized carbons (Fsp3) is 0.333. The minimum atomic E-state index is -1.18. The summed E-state index contributed by atoms with van der Waals surface area (Å²) in [5.74, 6) is -1.74. The van der Waals surface area contributed by atoms with Crippen LogP contribution in [0.15, 0.2) is 66.7 Å². The van der Waals surface area contributed by atoms with Crippen molar-refractivity contribution in [3.05, 3.63) is 72.3 Å². The number of rotatable bonds is 10. The second-order valence-electron chi connectivity index (χ2n) is 10.4. The maximum atomic E-state index is 13.9. The Balaban J connectivity index is 1.96. The number of anilines is 1. The lowest BCUT2D eigenvalue weighted by Gasteiger charge is -2.33. The molecule has 0 fully saturated rings. The van der Waals surface area contributed by atoms with E-state index in [1.165, 1.54) is 17.0 Å². The predicted molar refractivity (Wildman–Crippen MR) is 152 cm³/mol. The molecule has 0 heterocycles. The number of aromatic hydroxyl groups is 1. The van der Waals surface area contributed by atoms with Crippen LogP contribution in [0.5, 0.6) is 5.75 Å². The molecule has 0 aliphatic rings. The Hall–Kier alpha value is -4.60. The van der Waals surface area contributed by atoms with Crippen LogP contribution < -0.4 is 16.4 Å². The summed E-state index contributed by atoms with van der Waals surface area (Å²) in [6.45, 7) is 6.85. The Morgan fingerprint density at radius 2 is 1.62 bits per heavy atom. The van der Waals surface area contributed by atoms with Crippen LogP contribution in [0.1, 0.15) is 52.1 Å². The summed E-state index contributed by atoms with van der Waals surface area (Å²) in [5, 5.41) is 17.2. The molecule has 0 aliphatic carbocycles. The molecular formula is C30H36N4O6. The van der Waals surface area contributed by atoms with Crippen LogP contribution in [0.4, 0.5) is 10.5 Å². The number of nitrogens with zero attached hydrogens (tertiary/aromatic N) is 1. The first-order valence-corrected chi connectivity index (χ1v) is 13.0. The highest BCUT2D eigenvalue weighted by Gasteiger charge is 2.35. The third-order valence-corrected chi connectivity index (χ3v) is 6.08. The SMILES string of the molecule is CCN(C(=O)C(CCC(N)=O)NC(=O)OC(C)(C)C)C(C(=O)Nc1ccc2ccccc2c1)c1ccc(O)cc1. The van der Waals surface area contributed by atoms with Gasteiger partial charge in [0, 0.05) is 18.7 Å². The average Bonchev–Trinajstić information content (AvgIpc) is 2.88. The number of carbonyl (C=O) groups excluding carboxylic acids is 4. The lowest BCUT2D eigenvalue weighted by atomic mass is 10.0. The zero-order valence-corrected chi connectivity index (χ0v) is 23.1. The summed E-state index contributed by atoms with van der Waals surface area (Å²) < 4.78 is 5.31. The molecule has 5 N–H and O–H groups in total. The van der Waals surface area contributed by atoms with Gasteiger partial charge in [0.1, 0.15) is 23.4 Å². The number of benzene rings is 3. The molecule has 0 spiro atoms. The molecule has 0 radical (unpaired) electrons. The van der Waals surface area contributed by atoms with Gasteiger partial charge in [-0.3, -0.25) is 14.4 Å². The van der Waals surface area contributed by atoms with Gasteiger partial charge in [-0.2, -0.15) is 0 Å². The van der Waals surface area contributed by atoms with Crippen molar-refractivity contribution in [2.75, 3.05) is 11.9 Å². The number of hydrogen-bond acceptors (Lipinski definition) is 6. The van der Waals surface area contributed by atoms with Crippen molar-refractivity contribution in [2.24, 2.45) is 5.73 Å². The summed E-state index contributed by atoms with van der Waals surface area (Å²) in [6.07, 6.45) is -1.09. The van der Waals surface area contributed by atoms with Crippen LogP contribution in [0.25, 0.3) is 10.8 Å². The molecule has 0 aromatic heterocycles. The first-order chi connectivity index (χ1) is 18.9. The molecule has 4 amide bonds. The molecule has 0 saturated heterocycles. The van der Waals surface area contributed by atoms with Gasteiger partial charge in [0.05, 0.1) is 0 Å². The largest absolute Gasteiger partial charge is 0.508 e. The van der Waals surface area contributed by atoms with Gasteiger partial charge in [-0.25, -0.2) is 4.79 Å². The van der Waals surface area contributed by atoms with E-state index in [1.807, 2.05) is 36.4 Å². The van der Waals surface area contributed by atoms with Crippen LogP contribution in [-0.2, 0) is 19.1 Å². The molecule has 40 heavy (non-hydrogen) atoms. The number of alkyl carbamates (subject to hydrolysis) is 1. The van der Waals surface area contributed by atoms with Gasteiger partial charge in [-0.15, -0.1) is 0 Å². The Kier molecular flexibility index (Phi) is 9.71. The van der Waals surface area contributed by atoms with Crippen molar-refractivity contribution in [3.8, 4) is 5.75 Å². The van der Waals surface area contributed by atoms with Crippen LogP contribution >= 0.6 is 0 Å². The zero-order valence-electron chi connectivity index (χ0n) is 23.1. The van der Waals surface area contributed by atoms with Gasteiger partial charge >= 0.3 is 6.09 Å². The number of phenolic OH excluding ortho intramolecular Hbond substituents is 1. The molecule has 0 bridgehead atoms. The second kappa shape index (κ2) is 13.0. The van der Waals surface area contributed by atoms with Crippen molar-refractivity contribution >= 4 is 40.3 Å². The number of nitrogens with two attached hydrogens (primary N) is 1. The number of fused-ring (bicyclic) bond motifs is 1. The summed E-state index contributed by atoms with van der Waals surface area (Å²) in [5.41, 5.74) is 5.48. The van der Waals surface area contributed by atoms with Crippen molar-refractivity contribution in [3.63, 3.8) is 0 Å². The highest BCUT2D eigenvalue weighted by atomic mass is 16.6. The van der Waals surface area contributed by atoms with Crippen molar-refractivity contribution in [1.82, 2.24) is 10.2 Å². The van der Waals surface area contributed by atoms with Gasteiger partial charge in [-0.05, 0) is 74.7 Å².